The zero-order valence-electron chi connectivity index (χ0n) is 28.6. The number of carbonyl (C=O) groups is 2. The van der Waals surface area contributed by atoms with Crippen LogP contribution in [0.15, 0.2) is 107 Å². The molecule has 53 heavy (non-hydrogen) atoms. The van der Waals surface area contributed by atoms with E-state index in [0.29, 0.717) is 66.5 Å². The van der Waals surface area contributed by atoms with Crippen LogP contribution in [0.25, 0.3) is 0 Å². The van der Waals surface area contributed by atoms with Gasteiger partial charge in [0.1, 0.15) is 11.5 Å². The quantitative estimate of drug-likeness (QED) is 0.120. The minimum atomic E-state index is -4.45. The van der Waals surface area contributed by atoms with Crippen molar-refractivity contribution in [3.05, 3.63) is 130 Å². The third-order valence-electron chi connectivity index (χ3n) is 8.91. The molecule has 2 aliphatic rings. The Morgan fingerprint density at radius 2 is 0.925 bits per heavy atom. The Labute approximate surface area is 301 Å². The van der Waals surface area contributed by atoms with Crippen LogP contribution in [-0.4, -0.2) is 46.5 Å². The maximum absolute atomic E-state index is 13.0. The Balaban J connectivity index is 0.972. The number of ether oxygens (including phenoxy) is 2. The van der Waals surface area contributed by atoms with Gasteiger partial charge in [-0.05, 0) is 95.1 Å². The zero-order valence-corrected chi connectivity index (χ0v) is 28.6. The van der Waals surface area contributed by atoms with Gasteiger partial charge >= 0.3 is 12.4 Å². The van der Waals surface area contributed by atoms with Gasteiger partial charge in [-0.1, -0.05) is 24.3 Å². The van der Waals surface area contributed by atoms with E-state index in [9.17, 15) is 35.9 Å². The molecule has 0 bridgehead atoms. The lowest BCUT2D eigenvalue weighted by Gasteiger charge is -2.21. The molecule has 2 amide bonds. The highest BCUT2D eigenvalue weighted by molar-refractivity contribution is 6.04. The van der Waals surface area contributed by atoms with Crippen LogP contribution in [0.2, 0.25) is 0 Å². The fourth-order valence-corrected chi connectivity index (χ4v) is 6.18. The van der Waals surface area contributed by atoms with Crippen molar-refractivity contribution < 1.29 is 45.4 Å². The smallest absolute Gasteiger partial charge is 0.416 e. The van der Waals surface area contributed by atoms with Crippen LogP contribution in [0.1, 0.15) is 78.6 Å². The Hall–Kier alpha value is -5.66. The third kappa shape index (κ3) is 8.70. The molecule has 276 valence electrons. The molecular formula is C39H34F6N4O4. The Kier molecular flexibility index (Phi) is 10.6. The Morgan fingerprint density at radius 3 is 1.23 bits per heavy atom. The molecule has 0 radical (unpaired) electrons. The van der Waals surface area contributed by atoms with E-state index in [1.54, 1.807) is 24.3 Å². The van der Waals surface area contributed by atoms with Crippen molar-refractivity contribution >= 4 is 23.2 Å². The Morgan fingerprint density at radius 1 is 0.585 bits per heavy atom. The summed E-state index contributed by atoms with van der Waals surface area (Å²) in [5, 5.41) is 11.5. The molecule has 6 rings (SSSR count). The normalized spacial score (nSPS) is 17.4. The number of benzene rings is 4. The van der Waals surface area contributed by atoms with Crippen LogP contribution in [0.5, 0.6) is 11.5 Å². The number of hydrogen-bond acceptors (Lipinski definition) is 6. The van der Waals surface area contributed by atoms with Crippen molar-refractivity contribution in [3.63, 3.8) is 0 Å². The molecule has 0 N–H and O–H groups in total. The van der Waals surface area contributed by atoms with Crippen LogP contribution in [0, 0.1) is 0 Å². The number of amides is 2. The van der Waals surface area contributed by atoms with E-state index in [1.165, 1.54) is 48.1 Å². The molecule has 0 aliphatic carbocycles. The standard InChI is InChI=1S/C39H34F6N4O4/c1-24(50)48-36(28-4-12-30(13-5-28)38(40,41)42)22-34(46-48)26-8-16-32(17-9-26)52-20-3-21-53-33-18-10-27(11-19-33)35-23-37(49(47-35)25(2)51)29-6-14-31(15-7-29)39(43,44)45/h4-19,36-37H,3,20-23H2,1-2H3. The number of alkyl halides is 6. The molecule has 0 saturated carbocycles. The van der Waals surface area contributed by atoms with Crippen molar-refractivity contribution in [2.75, 3.05) is 13.2 Å². The van der Waals surface area contributed by atoms with E-state index in [0.717, 1.165) is 35.4 Å². The van der Waals surface area contributed by atoms with Gasteiger partial charge in [-0.2, -0.15) is 36.5 Å². The first-order valence-electron chi connectivity index (χ1n) is 16.7. The highest BCUT2D eigenvalue weighted by Gasteiger charge is 2.35. The van der Waals surface area contributed by atoms with Crippen molar-refractivity contribution in [1.29, 1.82) is 0 Å². The zero-order chi connectivity index (χ0) is 37.9. The van der Waals surface area contributed by atoms with Gasteiger partial charge in [-0.3, -0.25) is 9.59 Å². The fourth-order valence-electron chi connectivity index (χ4n) is 6.18. The van der Waals surface area contributed by atoms with E-state index in [-0.39, 0.29) is 11.8 Å². The molecule has 2 atom stereocenters. The number of nitrogens with zero attached hydrogens (tertiary/aromatic N) is 4. The van der Waals surface area contributed by atoms with Crippen LogP contribution in [-0.2, 0) is 21.9 Å². The molecule has 2 heterocycles. The largest absolute Gasteiger partial charge is 0.493 e. The summed E-state index contributed by atoms with van der Waals surface area (Å²) < 4.78 is 89.9. The van der Waals surface area contributed by atoms with Gasteiger partial charge in [0.2, 0.25) is 11.8 Å². The molecule has 0 aromatic heterocycles. The molecule has 14 heteroatoms. The van der Waals surface area contributed by atoms with Gasteiger partial charge < -0.3 is 9.47 Å². The molecule has 2 aliphatic heterocycles. The average molecular weight is 737 g/mol. The summed E-state index contributed by atoms with van der Waals surface area (Å²) >= 11 is 0. The lowest BCUT2D eigenvalue weighted by Crippen LogP contribution is -2.24. The maximum Gasteiger partial charge on any atom is 0.416 e. The van der Waals surface area contributed by atoms with Gasteiger partial charge in [-0.25, -0.2) is 10.0 Å². The minimum absolute atomic E-state index is 0.319. The van der Waals surface area contributed by atoms with E-state index < -0.39 is 35.6 Å². The van der Waals surface area contributed by atoms with Crippen molar-refractivity contribution in [3.8, 4) is 11.5 Å². The van der Waals surface area contributed by atoms with Gasteiger partial charge in [0.25, 0.3) is 0 Å². The highest BCUT2D eigenvalue weighted by Crippen LogP contribution is 2.37. The van der Waals surface area contributed by atoms with Crippen LogP contribution >= 0.6 is 0 Å². The predicted molar refractivity (Wildman–Crippen MR) is 184 cm³/mol. The molecular weight excluding hydrogens is 702 g/mol. The summed E-state index contributed by atoms with van der Waals surface area (Å²) in [6.45, 7) is 3.46. The SMILES string of the molecule is CC(=O)N1N=C(c2ccc(OCCCOc3ccc(C4=NN(C(C)=O)C(c5ccc(C(F)(F)F)cc5)C4)cc3)cc2)CC1c1ccc(C(F)(F)F)cc1. The number of hydrazone groups is 2. The molecule has 4 aromatic carbocycles. The number of halogens is 6. The molecule has 8 nitrogen and oxygen atoms in total. The lowest BCUT2D eigenvalue weighted by atomic mass is 9.97. The van der Waals surface area contributed by atoms with Crippen LogP contribution < -0.4 is 9.47 Å². The van der Waals surface area contributed by atoms with E-state index >= 15 is 0 Å². The second-order valence-corrected chi connectivity index (χ2v) is 12.6. The maximum atomic E-state index is 13.0. The molecule has 2 unspecified atom stereocenters. The van der Waals surface area contributed by atoms with Gasteiger partial charge in [-0.15, -0.1) is 0 Å². The average Bonchev–Trinajstić information content (AvgIpc) is 3.78. The number of hydrogen-bond donors (Lipinski definition) is 0. The van der Waals surface area contributed by atoms with Gasteiger partial charge in [0, 0.05) is 33.1 Å². The molecule has 0 saturated heterocycles. The van der Waals surface area contributed by atoms with E-state index in [2.05, 4.69) is 10.2 Å². The third-order valence-corrected chi connectivity index (χ3v) is 8.91. The minimum Gasteiger partial charge on any atom is -0.493 e. The lowest BCUT2D eigenvalue weighted by molar-refractivity contribution is -0.138. The second-order valence-electron chi connectivity index (χ2n) is 12.6. The molecule has 4 aromatic rings. The summed E-state index contributed by atoms with van der Waals surface area (Å²) in [5.41, 5.74) is 2.38. The topological polar surface area (TPSA) is 83.8 Å². The summed E-state index contributed by atoms with van der Waals surface area (Å²) in [4.78, 5) is 24.6. The predicted octanol–water partition coefficient (Wildman–Crippen LogP) is 8.97. The summed E-state index contributed by atoms with van der Waals surface area (Å²) in [6, 6.07) is 22.9. The van der Waals surface area contributed by atoms with Crippen molar-refractivity contribution in [2.24, 2.45) is 10.2 Å². The fraction of sp³-hybridized carbons (Fsp3) is 0.282. The van der Waals surface area contributed by atoms with Crippen LogP contribution in [0.3, 0.4) is 0 Å². The van der Waals surface area contributed by atoms with Gasteiger partial charge in [0.15, 0.2) is 0 Å². The highest BCUT2D eigenvalue weighted by atomic mass is 19.4. The summed E-state index contributed by atoms with van der Waals surface area (Å²) in [6.07, 6.45) is -7.64. The first-order valence-corrected chi connectivity index (χ1v) is 16.7. The van der Waals surface area contributed by atoms with Crippen molar-refractivity contribution in [1.82, 2.24) is 10.0 Å². The summed E-state index contributed by atoms with van der Waals surface area (Å²) in [7, 11) is 0. The van der Waals surface area contributed by atoms with Crippen LogP contribution in [0.4, 0.5) is 26.3 Å². The van der Waals surface area contributed by atoms with Gasteiger partial charge in [0.05, 0.1) is 47.8 Å². The number of carbonyl (C=O) groups excluding carboxylic acids is 2. The second kappa shape index (κ2) is 15.1. The molecule has 0 spiro atoms. The first-order chi connectivity index (χ1) is 25.2. The molecule has 0 fully saturated rings. The Bertz CT molecular complexity index is 1850. The summed E-state index contributed by atoms with van der Waals surface area (Å²) in [5.74, 6) is 0.595. The van der Waals surface area contributed by atoms with Crippen molar-refractivity contribution in [2.45, 2.75) is 57.5 Å². The monoisotopic (exact) mass is 736 g/mol. The van der Waals surface area contributed by atoms with E-state index in [4.69, 9.17) is 9.47 Å². The van der Waals surface area contributed by atoms with E-state index in [1.807, 2.05) is 24.3 Å². The first kappa shape index (κ1) is 37.1. The number of rotatable bonds is 10.